The van der Waals surface area contributed by atoms with Gasteiger partial charge in [-0.2, -0.15) is 0 Å². The van der Waals surface area contributed by atoms with Gasteiger partial charge in [0.1, 0.15) is 6.04 Å². The summed E-state index contributed by atoms with van der Waals surface area (Å²) in [7, 11) is 1.45. The largest absolute Gasteiger partial charge is 0.480 e. The lowest BCUT2D eigenvalue weighted by molar-refractivity contribution is -0.385. The van der Waals surface area contributed by atoms with Crippen LogP contribution < -0.4 is 0 Å². The third-order valence-electron chi connectivity index (χ3n) is 3.87. The number of benzene rings is 1. The second-order valence-electron chi connectivity index (χ2n) is 5.11. The van der Waals surface area contributed by atoms with E-state index in [9.17, 15) is 24.8 Å². The summed E-state index contributed by atoms with van der Waals surface area (Å²) >= 11 is 0. The molecule has 1 amide bonds. The van der Waals surface area contributed by atoms with Crippen LogP contribution in [0.15, 0.2) is 18.2 Å². The molecule has 2 rings (SSSR count). The molecule has 1 N–H and O–H groups in total. The van der Waals surface area contributed by atoms with Gasteiger partial charge in [-0.15, -0.1) is 0 Å². The third kappa shape index (κ3) is 2.77. The van der Waals surface area contributed by atoms with Crippen LogP contribution in [0.4, 0.5) is 5.69 Å². The molecule has 118 valence electrons. The van der Waals surface area contributed by atoms with E-state index in [1.807, 2.05) is 0 Å². The molecule has 0 saturated carbocycles. The molecule has 1 aliphatic rings. The summed E-state index contributed by atoms with van der Waals surface area (Å²) < 4.78 is 5.13. The number of amides is 1. The van der Waals surface area contributed by atoms with Gasteiger partial charge in [0.05, 0.1) is 11.0 Å². The predicted molar refractivity (Wildman–Crippen MR) is 75.7 cm³/mol. The van der Waals surface area contributed by atoms with Crippen molar-refractivity contribution < 1.29 is 24.4 Å². The fourth-order valence-corrected chi connectivity index (χ4v) is 2.63. The number of carbonyl (C=O) groups is 2. The minimum absolute atomic E-state index is 0.136. The van der Waals surface area contributed by atoms with Gasteiger partial charge in [0, 0.05) is 37.3 Å². The number of rotatable bonds is 4. The van der Waals surface area contributed by atoms with Crippen molar-refractivity contribution in [3.63, 3.8) is 0 Å². The monoisotopic (exact) mass is 308 g/mol. The summed E-state index contributed by atoms with van der Waals surface area (Å²) in [5.74, 6) is -1.65. The Labute approximate surface area is 126 Å². The number of hydrogen-bond donors (Lipinski definition) is 1. The minimum Gasteiger partial charge on any atom is -0.480 e. The zero-order chi connectivity index (χ0) is 16.4. The van der Waals surface area contributed by atoms with Crippen LogP contribution in [-0.2, 0) is 9.53 Å². The van der Waals surface area contributed by atoms with Gasteiger partial charge in [0.25, 0.3) is 11.6 Å². The summed E-state index contributed by atoms with van der Waals surface area (Å²) in [5.41, 5.74) is 0.194. The van der Waals surface area contributed by atoms with E-state index in [4.69, 9.17) is 4.74 Å². The summed E-state index contributed by atoms with van der Waals surface area (Å²) in [5, 5.41) is 20.2. The van der Waals surface area contributed by atoms with E-state index in [2.05, 4.69) is 0 Å². The molecule has 2 atom stereocenters. The summed E-state index contributed by atoms with van der Waals surface area (Å²) in [6.07, 6.45) is -0.157. The van der Waals surface area contributed by atoms with E-state index in [1.165, 1.54) is 37.1 Å². The first-order valence-electron chi connectivity index (χ1n) is 6.67. The minimum atomic E-state index is -1.11. The van der Waals surface area contributed by atoms with E-state index < -0.39 is 22.8 Å². The fourth-order valence-electron chi connectivity index (χ4n) is 2.63. The van der Waals surface area contributed by atoms with Gasteiger partial charge < -0.3 is 14.7 Å². The standard InChI is InChI=1S/C14H16N2O6/c1-8-10(4-3-5-11(8)16(20)21)13(17)15-7-9(22-2)6-12(15)14(18)19/h3-5,9,12H,6-7H2,1-2H3,(H,18,19). The molecule has 0 bridgehead atoms. The van der Waals surface area contributed by atoms with Crippen LogP contribution in [0.25, 0.3) is 0 Å². The number of methoxy groups -OCH3 is 1. The van der Waals surface area contributed by atoms with E-state index in [0.29, 0.717) is 0 Å². The van der Waals surface area contributed by atoms with E-state index in [-0.39, 0.29) is 35.9 Å². The van der Waals surface area contributed by atoms with Gasteiger partial charge in [0.2, 0.25) is 0 Å². The fraction of sp³-hybridized carbons (Fsp3) is 0.429. The SMILES string of the molecule is COC1CC(C(=O)O)N(C(=O)c2cccc([N+](=O)[O-])c2C)C1. The zero-order valence-electron chi connectivity index (χ0n) is 12.2. The second-order valence-corrected chi connectivity index (χ2v) is 5.11. The average molecular weight is 308 g/mol. The Hall–Kier alpha value is -2.48. The van der Waals surface area contributed by atoms with Gasteiger partial charge in [-0.05, 0) is 13.0 Å². The molecule has 8 nitrogen and oxygen atoms in total. The molecule has 0 radical (unpaired) electrons. The first-order chi connectivity index (χ1) is 10.4. The molecule has 1 aliphatic heterocycles. The number of carboxylic acids is 1. The molecular weight excluding hydrogens is 292 g/mol. The number of carbonyl (C=O) groups excluding carboxylic acids is 1. The van der Waals surface area contributed by atoms with Crippen molar-refractivity contribution in [1.82, 2.24) is 4.90 Å². The van der Waals surface area contributed by atoms with E-state index in [1.54, 1.807) is 0 Å². The summed E-state index contributed by atoms with van der Waals surface area (Å²) in [4.78, 5) is 35.5. The highest BCUT2D eigenvalue weighted by molar-refractivity contribution is 5.99. The van der Waals surface area contributed by atoms with Crippen molar-refractivity contribution >= 4 is 17.6 Å². The highest BCUT2D eigenvalue weighted by Crippen LogP contribution is 2.27. The van der Waals surface area contributed by atoms with Crippen LogP contribution in [-0.4, -0.2) is 52.6 Å². The number of nitrogens with zero attached hydrogens (tertiary/aromatic N) is 2. The number of nitro groups is 1. The third-order valence-corrected chi connectivity index (χ3v) is 3.87. The van der Waals surface area contributed by atoms with Crippen molar-refractivity contribution in [2.45, 2.75) is 25.5 Å². The first-order valence-corrected chi connectivity index (χ1v) is 6.67. The molecule has 0 aliphatic carbocycles. The summed E-state index contributed by atoms with van der Waals surface area (Å²) in [6.45, 7) is 1.62. The lowest BCUT2D eigenvalue weighted by Crippen LogP contribution is -2.40. The average Bonchev–Trinajstić information content (AvgIpc) is 2.91. The van der Waals surface area contributed by atoms with Crippen molar-refractivity contribution in [2.75, 3.05) is 13.7 Å². The van der Waals surface area contributed by atoms with Crippen LogP contribution in [0.2, 0.25) is 0 Å². The van der Waals surface area contributed by atoms with Crippen molar-refractivity contribution in [1.29, 1.82) is 0 Å². The van der Waals surface area contributed by atoms with Gasteiger partial charge in [-0.25, -0.2) is 4.79 Å². The molecule has 1 fully saturated rings. The molecule has 22 heavy (non-hydrogen) atoms. The van der Waals surface area contributed by atoms with Crippen LogP contribution in [0, 0.1) is 17.0 Å². The normalized spacial score (nSPS) is 20.9. The van der Waals surface area contributed by atoms with Gasteiger partial charge in [-0.3, -0.25) is 14.9 Å². The van der Waals surface area contributed by atoms with Crippen LogP contribution in [0.5, 0.6) is 0 Å². The molecule has 1 heterocycles. The number of carboxylic acid groups (broad SMARTS) is 1. The lowest BCUT2D eigenvalue weighted by Gasteiger charge is -2.22. The van der Waals surface area contributed by atoms with Gasteiger partial charge >= 0.3 is 5.97 Å². The smallest absolute Gasteiger partial charge is 0.326 e. The zero-order valence-corrected chi connectivity index (χ0v) is 12.2. The van der Waals surface area contributed by atoms with Crippen molar-refractivity contribution in [3.8, 4) is 0 Å². The highest BCUT2D eigenvalue weighted by atomic mass is 16.6. The maximum absolute atomic E-state index is 12.6. The van der Waals surface area contributed by atoms with Crippen LogP contribution in [0.3, 0.4) is 0 Å². The molecular formula is C14H16N2O6. The molecule has 0 aromatic heterocycles. The van der Waals surface area contributed by atoms with E-state index >= 15 is 0 Å². The summed E-state index contributed by atoms with van der Waals surface area (Å²) in [6, 6.07) is 3.20. The van der Waals surface area contributed by atoms with Crippen LogP contribution >= 0.6 is 0 Å². The van der Waals surface area contributed by atoms with Crippen molar-refractivity contribution in [2.24, 2.45) is 0 Å². The number of likely N-dealkylation sites (tertiary alicyclic amines) is 1. The maximum Gasteiger partial charge on any atom is 0.326 e. The van der Waals surface area contributed by atoms with Crippen LogP contribution in [0.1, 0.15) is 22.3 Å². The molecule has 0 spiro atoms. The van der Waals surface area contributed by atoms with E-state index in [0.717, 1.165) is 0 Å². The number of hydrogen-bond acceptors (Lipinski definition) is 5. The van der Waals surface area contributed by atoms with Gasteiger partial charge in [0.15, 0.2) is 0 Å². The Morgan fingerprint density at radius 2 is 2.14 bits per heavy atom. The Balaban J connectivity index is 2.37. The first kappa shape index (κ1) is 15.9. The van der Waals surface area contributed by atoms with Gasteiger partial charge in [-0.1, -0.05) is 6.07 Å². The Morgan fingerprint density at radius 1 is 1.45 bits per heavy atom. The molecule has 1 aromatic carbocycles. The molecule has 1 saturated heterocycles. The number of ether oxygens (including phenoxy) is 1. The topological polar surface area (TPSA) is 110 Å². The molecule has 1 aromatic rings. The lowest BCUT2D eigenvalue weighted by atomic mass is 10.1. The number of nitro benzene ring substituents is 1. The Kier molecular flexibility index (Phi) is 4.41. The highest BCUT2D eigenvalue weighted by Gasteiger charge is 2.40. The predicted octanol–water partition coefficient (Wildman–Crippen LogP) is 1.22. The molecule has 8 heteroatoms. The van der Waals surface area contributed by atoms with Crippen molar-refractivity contribution in [3.05, 3.63) is 39.4 Å². The second kappa shape index (κ2) is 6.10. The molecule has 2 unspecified atom stereocenters. The quantitative estimate of drug-likeness (QED) is 0.661. The number of aliphatic carboxylic acids is 1. The Morgan fingerprint density at radius 3 is 2.68 bits per heavy atom. The maximum atomic E-state index is 12.6. The Bertz CT molecular complexity index is 630.